The molecule has 10 nitrogen and oxygen atoms in total. The molecule has 1 aliphatic heterocycles. The molecule has 164 valence electrons. The van der Waals surface area contributed by atoms with Gasteiger partial charge in [-0.2, -0.15) is 8.96 Å². The summed E-state index contributed by atoms with van der Waals surface area (Å²) in [4.78, 5) is 60.3. The maximum atomic E-state index is 14.4. The number of rotatable bonds is 5. The molecular formula is C20H19FN2O8. The van der Waals surface area contributed by atoms with Crippen LogP contribution in [0.15, 0.2) is 46.1 Å². The molecule has 0 amide bonds. The minimum absolute atomic E-state index is 0.0108. The lowest BCUT2D eigenvalue weighted by Crippen LogP contribution is -2.46. The molecule has 0 aliphatic carbocycles. The van der Waals surface area contributed by atoms with E-state index in [-0.39, 0.29) is 23.2 Å². The van der Waals surface area contributed by atoms with Gasteiger partial charge in [0.05, 0.1) is 6.20 Å². The summed E-state index contributed by atoms with van der Waals surface area (Å²) >= 11 is 0. The van der Waals surface area contributed by atoms with E-state index >= 15 is 0 Å². The fraction of sp³-hybridized carbons (Fsp3) is 0.350. The molecule has 2 heterocycles. The number of hydrogen-bond donors (Lipinski definition) is 0. The Bertz CT molecular complexity index is 1120. The highest BCUT2D eigenvalue weighted by Crippen LogP contribution is 2.30. The third-order valence-corrected chi connectivity index (χ3v) is 4.55. The fourth-order valence-corrected chi connectivity index (χ4v) is 3.19. The summed E-state index contributed by atoms with van der Waals surface area (Å²) in [5.74, 6) is -3.58. The van der Waals surface area contributed by atoms with Gasteiger partial charge in [-0.3, -0.25) is 23.7 Å². The molecule has 3 atom stereocenters. The zero-order chi connectivity index (χ0) is 22.7. The van der Waals surface area contributed by atoms with E-state index in [0.717, 1.165) is 4.57 Å². The summed E-state index contributed by atoms with van der Waals surface area (Å²) < 4.78 is 30.9. The fourth-order valence-electron chi connectivity index (χ4n) is 3.19. The van der Waals surface area contributed by atoms with Crippen LogP contribution in [0.4, 0.5) is 4.39 Å². The van der Waals surface area contributed by atoms with E-state index in [4.69, 9.17) is 14.2 Å². The van der Waals surface area contributed by atoms with Gasteiger partial charge in [0.1, 0.15) is 25.0 Å². The quantitative estimate of drug-likeness (QED) is 0.628. The van der Waals surface area contributed by atoms with Gasteiger partial charge in [-0.15, -0.1) is 0 Å². The minimum Gasteiger partial charge on any atom is -0.463 e. The van der Waals surface area contributed by atoms with E-state index < -0.39 is 53.3 Å². The van der Waals surface area contributed by atoms with Gasteiger partial charge in [0.25, 0.3) is 11.5 Å². The van der Waals surface area contributed by atoms with Crippen molar-refractivity contribution in [3.05, 3.63) is 68.7 Å². The Hall–Kier alpha value is -3.60. The Morgan fingerprint density at radius 2 is 1.81 bits per heavy atom. The van der Waals surface area contributed by atoms with E-state index in [1.807, 2.05) is 0 Å². The number of carbonyl (C=O) groups excluding carboxylic acids is 3. The summed E-state index contributed by atoms with van der Waals surface area (Å²) in [6.45, 7) is 2.07. The second kappa shape index (κ2) is 9.04. The summed E-state index contributed by atoms with van der Waals surface area (Å²) in [7, 11) is 0. The molecular weight excluding hydrogens is 415 g/mol. The molecule has 1 aliphatic rings. The van der Waals surface area contributed by atoms with Crippen molar-refractivity contribution < 1.29 is 33.0 Å². The standard InChI is InChI=1S/C20H19FN2O8/c1-11(24)29-10-16-15(30-12(2)25)8-17(31-16)22-9-14(21)19(27)23(20(22)28)18(26)13-6-4-3-5-7-13/h3-7,9,15-17H,8,10H2,1-2H3/t15-,16+,17+/m0/s1. The van der Waals surface area contributed by atoms with Gasteiger partial charge in [0.2, 0.25) is 5.82 Å². The smallest absolute Gasteiger partial charge is 0.340 e. The molecule has 1 fully saturated rings. The van der Waals surface area contributed by atoms with Crippen LogP contribution in [0, 0.1) is 5.82 Å². The van der Waals surface area contributed by atoms with Crippen molar-refractivity contribution in [2.75, 3.05) is 6.61 Å². The Morgan fingerprint density at radius 3 is 2.42 bits per heavy atom. The van der Waals surface area contributed by atoms with Crippen molar-refractivity contribution in [1.82, 2.24) is 9.13 Å². The predicted molar refractivity (Wildman–Crippen MR) is 102 cm³/mol. The first kappa shape index (κ1) is 22.1. The normalized spacial score (nSPS) is 20.3. The highest BCUT2D eigenvalue weighted by molar-refractivity contribution is 5.95. The zero-order valence-corrected chi connectivity index (χ0v) is 16.6. The summed E-state index contributed by atoms with van der Waals surface area (Å²) in [5, 5.41) is 0. The third kappa shape index (κ3) is 4.77. The van der Waals surface area contributed by atoms with E-state index in [1.165, 1.54) is 38.1 Å². The molecule has 0 spiro atoms. The average molecular weight is 434 g/mol. The molecule has 11 heteroatoms. The summed E-state index contributed by atoms with van der Waals surface area (Å²) in [6, 6.07) is 7.44. The van der Waals surface area contributed by atoms with Crippen LogP contribution >= 0.6 is 0 Å². The molecule has 0 unspecified atom stereocenters. The third-order valence-electron chi connectivity index (χ3n) is 4.55. The van der Waals surface area contributed by atoms with Gasteiger partial charge < -0.3 is 14.2 Å². The monoisotopic (exact) mass is 434 g/mol. The van der Waals surface area contributed by atoms with Crippen molar-refractivity contribution in [1.29, 1.82) is 0 Å². The predicted octanol–water partition coefficient (Wildman–Crippen LogP) is 0.620. The lowest BCUT2D eigenvalue weighted by Gasteiger charge is -2.18. The van der Waals surface area contributed by atoms with Crippen molar-refractivity contribution in [3.63, 3.8) is 0 Å². The maximum absolute atomic E-state index is 14.4. The number of nitrogens with zero attached hydrogens (tertiary/aromatic N) is 2. The zero-order valence-electron chi connectivity index (χ0n) is 16.6. The van der Waals surface area contributed by atoms with Crippen LogP contribution in [-0.2, 0) is 23.8 Å². The highest BCUT2D eigenvalue weighted by Gasteiger charge is 2.40. The van der Waals surface area contributed by atoms with Gasteiger partial charge in [0, 0.05) is 25.8 Å². The molecule has 1 saturated heterocycles. The lowest BCUT2D eigenvalue weighted by atomic mass is 10.2. The van der Waals surface area contributed by atoms with Crippen LogP contribution < -0.4 is 11.2 Å². The number of esters is 2. The second-order valence-electron chi connectivity index (χ2n) is 6.79. The van der Waals surface area contributed by atoms with Gasteiger partial charge >= 0.3 is 17.6 Å². The van der Waals surface area contributed by atoms with Gasteiger partial charge in [-0.25, -0.2) is 4.79 Å². The molecule has 0 N–H and O–H groups in total. The van der Waals surface area contributed by atoms with Crippen molar-refractivity contribution in [2.45, 2.75) is 38.7 Å². The molecule has 1 aromatic heterocycles. The first-order valence-corrected chi connectivity index (χ1v) is 9.28. The van der Waals surface area contributed by atoms with Gasteiger partial charge in [-0.1, -0.05) is 18.2 Å². The molecule has 31 heavy (non-hydrogen) atoms. The van der Waals surface area contributed by atoms with E-state index in [1.54, 1.807) is 6.07 Å². The number of hydrogen-bond acceptors (Lipinski definition) is 8. The van der Waals surface area contributed by atoms with Crippen LogP contribution in [0.5, 0.6) is 0 Å². The first-order chi connectivity index (χ1) is 14.7. The molecule has 1 aromatic carbocycles. The Balaban J connectivity index is 1.99. The van der Waals surface area contributed by atoms with Crippen LogP contribution in [0.2, 0.25) is 0 Å². The Labute approximate surface area is 174 Å². The van der Waals surface area contributed by atoms with E-state index in [9.17, 15) is 28.4 Å². The molecule has 3 rings (SSSR count). The largest absolute Gasteiger partial charge is 0.463 e. The van der Waals surface area contributed by atoms with Crippen LogP contribution in [-0.4, -0.2) is 45.8 Å². The topological polar surface area (TPSA) is 123 Å². The van der Waals surface area contributed by atoms with Crippen LogP contribution in [0.3, 0.4) is 0 Å². The van der Waals surface area contributed by atoms with E-state index in [2.05, 4.69) is 0 Å². The van der Waals surface area contributed by atoms with Crippen molar-refractivity contribution in [3.8, 4) is 0 Å². The molecule has 0 bridgehead atoms. The van der Waals surface area contributed by atoms with Gasteiger partial charge in [0.15, 0.2) is 0 Å². The summed E-state index contributed by atoms with van der Waals surface area (Å²) in [5.41, 5.74) is -2.52. The maximum Gasteiger partial charge on any atom is 0.340 e. The summed E-state index contributed by atoms with van der Waals surface area (Å²) in [6.07, 6.45) is -2.48. The highest BCUT2D eigenvalue weighted by atomic mass is 19.1. The van der Waals surface area contributed by atoms with Crippen LogP contribution in [0.1, 0.15) is 36.9 Å². The number of benzene rings is 1. The van der Waals surface area contributed by atoms with Gasteiger partial charge in [-0.05, 0) is 12.1 Å². The number of ether oxygens (including phenoxy) is 3. The Kier molecular flexibility index (Phi) is 6.44. The van der Waals surface area contributed by atoms with Crippen molar-refractivity contribution in [2.24, 2.45) is 0 Å². The molecule has 0 saturated carbocycles. The number of halogens is 1. The minimum atomic E-state index is -1.40. The molecule has 2 aromatic rings. The molecule has 0 radical (unpaired) electrons. The van der Waals surface area contributed by atoms with Crippen molar-refractivity contribution >= 4 is 17.8 Å². The van der Waals surface area contributed by atoms with Crippen LogP contribution in [0.25, 0.3) is 0 Å². The number of carbonyl (C=O) groups is 3. The lowest BCUT2D eigenvalue weighted by molar-refractivity contribution is -0.155. The first-order valence-electron chi connectivity index (χ1n) is 9.28. The second-order valence-corrected chi connectivity index (χ2v) is 6.79. The van der Waals surface area contributed by atoms with E-state index in [0.29, 0.717) is 6.20 Å². The number of aromatic nitrogens is 2. The SMILES string of the molecule is CC(=O)OC[C@H]1O[C@@H](n2cc(F)c(=O)n(C(=O)c3ccccc3)c2=O)C[C@@H]1OC(C)=O. The average Bonchev–Trinajstić information content (AvgIpc) is 3.11. The Morgan fingerprint density at radius 1 is 1.13 bits per heavy atom.